The molecule has 2 aliphatic rings. The average Bonchev–Trinajstić information content (AvgIpc) is 3.15. The van der Waals surface area contributed by atoms with Crippen molar-refractivity contribution in [3.8, 4) is 0 Å². The van der Waals surface area contributed by atoms with Crippen LogP contribution in [0.4, 0.5) is 0 Å². The molecule has 0 bridgehead atoms. The van der Waals surface area contributed by atoms with Gasteiger partial charge in [0.1, 0.15) is 0 Å². The number of sulfonamides is 1. The molecule has 2 heterocycles. The van der Waals surface area contributed by atoms with E-state index in [2.05, 4.69) is 12.2 Å². The van der Waals surface area contributed by atoms with Gasteiger partial charge in [-0.05, 0) is 25.8 Å². The van der Waals surface area contributed by atoms with E-state index in [0.29, 0.717) is 22.7 Å². The minimum atomic E-state index is -3.34. The van der Waals surface area contributed by atoms with Crippen LogP contribution in [0.1, 0.15) is 31.6 Å². The fraction of sp³-hybridized carbons (Fsp3) is 0.714. The second kappa shape index (κ2) is 6.20. The van der Waals surface area contributed by atoms with Crippen LogP contribution in [0.3, 0.4) is 0 Å². The number of nitrogens with zero attached hydrogens (tertiary/aromatic N) is 1. The first kappa shape index (κ1) is 15.8. The summed E-state index contributed by atoms with van der Waals surface area (Å²) in [6.45, 7) is 5.52. The molecule has 2 unspecified atom stereocenters. The van der Waals surface area contributed by atoms with Gasteiger partial charge in [-0.3, -0.25) is 0 Å². The molecule has 1 saturated heterocycles. The van der Waals surface area contributed by atoms with Gasteiger partial charge >= 0.3 is 0 Å². The first-order valence-electron chi connectivity index (χ1n) is 7.42. The molecule has 1 aliphatic heterocycles. The third-order valence-electron chi connectivity index (χ3n) is 4.20. The first-order valence-corrected chi connectivity index (χ1v) is 10.8. The highest BCUT2D eigenvalue weighted by Crippen LogP contribution is 2.31. The highest BCUT2D eigenvalue weighted by atomic mass is 32.2. The minimum absolute atomic E-state index is 0.0571. The molecule has 1 aromatic heterocycles. The SMILES string of the molecule is CC1SCCN(S(=O)(=O)c2csc(CNC3CC3)c2)C1C. The van der Waals surface area contributed by atoms with Crippen molar-refractivity contribution in [2.45, 2.75) is 55.5 Å². The van der Waals surface area contributed by atoms with Crippen molar-refractivity contribution in [2.75, 3.05) is 12.3 Å². The van der Waals surface area contributed by atoms with Crippen molar-refractivity contribution in [1.29, 1.82) is 0 Å². The van der Waals surface area contributed by atoms with E-state index in [1.807, 2.05) is 24.8 Å². The first-order chi connectivity index (χ1) is 9.98. The van der Waals surface area contributed by atoms with Crippen LogP contribution in [0.15, 0.2) is 16.3 Å². The lowest BCUT2D eigenvalue weighted by Gasteiger charge is -2.36. The Kier molecular flexibility index (Phi) is 4.66. The molecule has 1 saturated carbocycles. The maximum atomic E-state index is 12.8. The standard InChI is InChI=1S/C14H22N2O2S3/c1-10-11(2)19-6-5-16(10)21(17,18)14-7-13(20-9-14)8-15-12-3-4-12/h7,9-12,15H,3-6,8H2,1-2H3. The number of hydrogen-bond acceptors (Lipinski definition) is 5. The molecule has 1 N–H and O–H groups in total. The van der Waals surface area contributed by atoms with E-state index in [4.69, 9.17) is 0 Å². The summed E-state index contributed by atoms with van der Waals surface area (Å²) in [6.07, 6.45) is 2.49. The summed E-state index contributed by atoms with van der Waals surface area (Å²) in [7, 11) is -3.34. The lowest BCUT2D eigenvalue weighted by atomic mass is 10.2. The van der Waals surface area contributed by atoms with Gasteiger partial charge in [-0.25, -0.2) is 8.42 Å². The summed E-state index contributed by atoms with van der Waals surface area (Å²) in [6, 6.07) is 2.54. The van der Waals surface area contributed by atoms with E-state index in [0.717, 1.165) is 17.2 Å². The Morgan fingerprint density at radius 2 is 2.14 bits per heavy atom. The van der Waals surface area contributed by atoms with Crippen molar-refractivity contribution >= 4 is 33.1 Å². The van der Waals surface area contributed by atoms with Crippen LogP contribution >= 0.6 is 23.1 Å². The Labute approximate surface area is 135 Å². The van der Waals surface area contributed by atoms with Crippen molar-refractivity contribution in [2.24, 2.45) is 0 Å². The smallest absolute Gasteiger partial charge is 0.244 e. The molecule has 2 fully saturated rings. The highest BCUT2D eigenvalue weighted by Gasteiger charge is 2.35. The van der Waals surface area contributed by atoms with E-state index in [-0.39, 0.29) is 6.04 Å². The number of hydrogen-bond donors (Lipinski definition) is 1. The molecule has 4 nitrogen and oxygen atoms in total. The van der Waals surface area contributed by atoms with E-state index < -0.39 is 10.0 Å². The minimum Gasteiger partial charge on any atom is -0.309 e. The predicted molar refractivity (Wildman–Crippen MR) is 89.5 cm³/mol. The normalized spacial score (nSPS) is 27.9. The molecule has 0 amide bonds. The second-order valence-corrected chi connectivity index (χ2v) is 10.2. The summed E-state index contributed by atoms with van der Waals surface area (Å²) in [5.74, 6) is 0.880. The molecule has 0 aromatic carbocycles. The molecule has 1 aromatic rings. The molecule has 7 heteroatoms. The Balaban J connectivity index is 1.74. The van der Waals surface area contributed by atoms with E-state index in [1.165, 1.54) is 24.2 Å². The number of thioether (sulfide) groups is 1. The lowest BCUT2D eigenvalue weighted by molar-refractivity contribution is 0.340. The van der Waals surface area contributed by atoms with Crippen LogP contribution in [-0.2, 0) is 16.6 Å². The monoisotopic (exact) mass is 346 g/mol. The van der Waals surface area contributed by atoms with Gasteiger partial charge in [-0.15, -0.1) is 11.3 Å². The molecular weight excluding hydrogens is 324 g/mol. The fourth-order valence-electron chi connectivity index (χ4n) is 2.50. The van der Waals surface area contributed by atoms with Gasteiger partial charge in [0, 0.05) is 46.4 Å². The van der Waals surface area contributed by atoms with Crippen LogP contribution in [-0.4, -0.2) is 42.4 Å². The molecule has 21 heavy (non-hydrogen) atoms. The number of rotatable bonds is 5. The summed E-state index contributed by atoms with van der Waals surface area (Å²) >= 11 is 3.39. The van der Waals surface area contributed by atoms with E-state index >= 15 is 0 Å². The van der Waals surface area contributed by atoms with Gasteiger partial charge < -0.3 is 5.32 Å². The van der Waals surface area contributed by atoms with Gasteiger partial charge in [-0.2, -0.15) is 16.1 Å². The number of thiophene rings is 1. The van der Waals surface area contributed by atoms with Crippen molar-refractivity contribution in [1.82, 2.24) is 9.62 Å². The summed E-state index contributed by atoms with van der Waals surface area (Å²) in [5.41, 5.74) is 0. The molecule has 0 radical (unpaired) electrons. The summed E-state index contributed by atoms with van der Waals surface area (Å²) in [5, 5.41) is 5.57. The average molecular weight is 347 g/mol. The quantitative estimate of drug-likeness (QED) is 0.890. The predicted octanol–water partition coefficient (Wildman–Crippen LogP) is 2.51. The van der Waals surface area contributed by atoms with Crippen LogP contribution < -0.4 is 5.32 Å². The lowest BCUT2D eigenvalue weighted by Crippen LogP contribution is -2.47. The van der Waals surface area contributed by atoms with Crippen LogP contribution in [0.25, 0.3) is 0 Å². The Morgan fingerprint density at radius 3 is 2.86 bits per heavy atom. The van der Waals surface area contributed by atoms with Crippen molar-refractivity contribution in [3.63, 3.8) is 0 Å². The summed E-state index contributed by atoms with van der Waals surface area (Å²) < 4.78 is 27.3. The van der Waals surface area contributed by atoms with Crippen molar-refractivity contribution < 1.29 is 8.42 Å². The highest BCUT2D eigenvalue weighted by molar-refractivity contribution is 8.00. The largest absolute Gasteiger partial charge is 0.309 e. The maximum Gasteiger partial charge on any atom is 0.244 e. The van der Waals surface area contributed by atoms with Crippen LogP contribution in [0.2, 0.25) is 0 Å². The van der Waals surface area contributed by atoms with E-state index in [9.17, 15) is 8.42 Å². The zero-order valence-corrected chi connectivity index (χ0v) is 14.9. The van der Waals surface area contributed by atoms with Gasteiger partial charge in [0.25, 0.3) is 0 Å². The van der Waals surface area contributed by atoms with E-state index in [1.54, 1.807) is 9.69 Å². The molecule has 2 atom stereocenters. The fourth-order valence-corrected chi connectivity index (χ4v) is 6.71. The maximum absolute atomic E-state index is 12.8. The molecule has 3 rings (SSSR count). The van der Waals surface area contributed by atoms with Crippen LogP contribution in [0, 0.1) is 0 Å². The second-order valence-electron chi connectivity index (χ2n) is 5.84. The van der Waals surface area contributed by atoms with Gasteiger partial charge in [0.2, 0.25) is 10.0 Å². The Hall–Kier alpha value is -0.0800. The Morgan fingerprint density at radius 1 is 1.38 bits per heavy atom. The van der Waals surface area contributed by atoms with Gasteiger partial charge in [0.15, 0.2) is 0 Å². The number of nitrogens with one attached hydrogen (secondary N) is 1. The van der Waals surface area contributed by atoms with Gasteiger partial charge in [-0.1, -0.05) is 6.92 Å². The van der Waals surface area contributed by atoms with Crippen LogP contribution in [0.5, 0.6) is 0 Å². The Bertz CT molecular complexity index is 595. The topological polar surface area (TPSA) is 49.4 Å². The molecule has 0 spiro atoms. The molecule has 1 aliphatic carbocycles. The molecular formula is C14H22N2O2S3. The van der Waals surface area contributed by atoms with Crippen molar-refractivity contribution in [3.05, 3.63) is 16.3 Å². The zero-order chi connectivity index (χ0) is 15.0. The molecule has 118 valence electrons. The summed E-state index contributed by atoms with van der Waals surface area (Å²) in [4.78, 5) is 1.57. The van der Waals surface area contributed by atoms with Gasteiger partial charge in [0.05, 0.1) is 4.90 Å². The third-order valence-corrected chi connectivity index (χ3v) is 8.59. The zero-order valence-electron chi connectivity index (χ0n) is 12.4. The third kappa shape index (κ3) is 3.47.